The molecule has 0 aromatic heterocycles. The van der Waals surface area contributed by atoms with E-state index in [1.807, 2.05) is 0 Å². The van der Waals surface area contributed by atoms with Gasteiger partial charge in [-0.15, -0.1) is 0 Å². The van der Waals surface area contributed by atoms with Crippen LogP contribution < -0.4 is 5.32 Å². The first kappa shape index (κ1) is 20.3. The van der Waals surface area contributed by atoms with Crippen molar-refractivity contribution in [1.29, 1.82) is 0 Å². The molecule has 0 unspecified atom stereocenters. The van der Waals surface area contributed by atoms with Gasteiger partial charge in [0.05, 0.1) is 29.2 Å². The Morgan fingerprint density at radius 2 is 1.85 bits per heavy atom. The number of carbonyl (C=O) groups excluding carboxylic acids is 1. The van der Waals surface area contributed by atoms with E-state index in [1.165, 1.54) is 31.4 Å². The van der Waals surface area contributed by atoms with Crippen LogP contribution in [0.3, 0.4) is 0 Å². The molecule has 1 saturated heterocycles. The van der Waals surface area contributed by atoms with Gasteiger partial charge in [-0.2, -0.15) is 0 Å². The van der Waals surface area contributed by atoms with Crippen molar-refractivity contribution in [2.75, 3.05) is 32.7 Å². The first-order valence-corrected chi connectivity index (χ1v) is 9.87. The lowest BCUT2D eigenvalue weighted by atomic mass is 9.86. The molecule has 0 radical (unpaired) electrons. The van der Waals surface area contributed by atoms with Crippen molar-refractivity contribution in [3.05, 3.63) is 29.8 Å². The van der Waals surface area contributed by atoms with Gasteiger partial charge in [-0.05, 0) is 37.1 Å². The Hall–Kier alpha value is -1.97. The smallest absolute Gasteiger partial charge is 0.305 e. The lowest BCUT2D eigenvalue weighted by Gasteiger charge is -2.36. The van der Waals surface area contributed by atoms with E-state index in [0.717, 1.165) is 0 Å². The number of carboxylic acids is 1. The Labute approximate surface area is 152 Å². The predicted molar refractivity (Wildman–Crippen MR) is 92.9 cm³/mol. The minimum atomic E-state index is -3.47. The third kappa shape index (κ3) is 5.26. The SMILES string of the molecule is COCCS(=O)(=O)c1ccc(C(=O)NC2(CC(=O)O)CCOCC2)cc1. The molecular weight excluding hydrogens is 362 g/mol. The summed E-state index contributed by atoms with van der Waals surface area (Å²) in [4.78, 5) is 23.8. The number of carbonyl (C=O) groups is 2. The fourth-order valence-corrected chi connectivity index (χ4v) is 4.01. The molecule has 26 heavy (non-hydrogen) atoms. The van der Waals surface area contributed by atoms with Gasteiger partial charge in [-0.25, -0.2) is 8.42 Å². The Balaban J connectivity index is 2.12. The maximum atomic E-state index is 12.5. The van der Waals surface area contributed by atoms with E-state index < -0.39 is 27.3 Å². The van der Waals surface area contributed by atoms with Crippen molar-refractivity contribution in [2.24, 2.45) is 0 Å². The molecule has 9 heteroatoms. The number of rotatable bonds is 8. The van der Waals surface area contributed by atoms with Crippen LogP contribution in [0.15, 0.2) is 29.2 Å². The average molecular weight is 385 g/mol. The van der Waals surface area contributed by atoms with Crippen LogP contribution in [0.2, 0.25) is 0 Å². The Morgan fingerprint density at radius 3 is 2.38 bits per heavy atom. The van der Waals surface area contributed by atoms with Gasteiger partial charge < -0.3 is 19.9 Å². The van der Waals surface area contributed by atoms with Crippen molar-refractivity contribution in [3.8, 4) is 0 Å². The highest BCUT2D eigenvalue weighted by Crippen LogP contribution is 2.25. The summed E-state index contributed by atoms with van der Waals surface area (Å²) < 4.78 is 34.2. The Morgan fingerprint density at radius 1 is 1.23 bits per heavy atom. The standard InChI is InChI=1S/C17H23NO7S/c1-24-10-11-26(22,23)14-4-2-13(3-5-14)16(21)18-17(12-15(19)20)6-8-25-9-7-17/h2-5H,6-12H2,1H3,(H,18,21)(H,19,20). The van der Waals surface area contributed by atoms with Crippen LogP contribution in [0.25, 0.3) is 0 Å². The molecule has 8 nitrogen and oxygen atoms in total. The molecule has 144 valence electrons. The molecule has 2 N–H and O–H groups in total. The van der Waals surface area contributed by atoms with Crippen molar-refractivity contribution in [1.82, 2.24) is 5.32 Å². The van der Waals surface area contributed by atoms with E-state index in [9.17, 15) is 18.0 Å². The van der Waals surface area contributed by atoms with Crippen LogP contribution >= 0.6 is 0 Å². The molecule has 1 heterocycles. The summed E-state index contributed by atoms with van der Waals surface area (Å²) in [6, 6.07) is 5.58. The number of carboxylic acid groups (broad SMARTS) is 1. The van der Waals surface area contributed by atoms with Gasteiger partial charge in [0.2, 0.25) is 0 Å². The first-order chi connectivity index (χ1) is 12.3. The normalized spacial score (nSPS) is 16.8. The zero-order chi connectivity index (χ0) is 19.2. The summed E-state index contributed by atoms with van der Waals surface area (Å²) in [5.41, 5.74) is -0.586. The molecule has 0 bridgehead atoms. The van der Waals surface area contributed by atoms with E-state index in [2.05, 4.69) is 5.32 Å². The summed E-state index contributed by atoms with van der Waals surface area (Å²) in [7, 11) is -2.05. The molecule has 1 amide bonds. The molecule has 1 aromatic rings. The highest BCUT2D eigenvalue weighted by atomic mass is 32.2. The number of sulfone groups is 1. The maximum Gasteiger partial charge on any atom is 0.305 e. The second kappa shape index (κ2) is 8.61. The van der Waals surface area contributed by atoms with Crippen molar-refractivity contribution in [3.63, 3.8) is 0 Å². The average Bonchev–Trinajstić information content (AvgIpc) is 2.60. The fraction of sp³-hybridized carbons (Fsp3) is 0.529. The lowest BCUT2D eigenvalue weighted by Crippen LogP contribution is -2.53. The van der Waals surface area contributed by atoms with Crippen LogP contribution in [0.1, 0.15) is 29.6 Å². The van der Waals surface area contributed by atoms with E-state index in [4.69, 9.17) is 14.6 Å². The zero-order valence-corrected chi connectivity index (χ0v) is 15.4. The number of methoxy groups -OCH3 is 1. The molecule has 1 aromatic carbocycles. The molecule has 2 rings (SSSR count). The number of hydrogen-bond donors (Lipinski definition) is 2. The molecule has 1 aliphatic heterocycles. The second-order valence-electron chi connectivity index (χ2n) is 6.25. The second-order valence-corrected chi connectivity index (χ2v) is 8.36. The number of aliphatic carboxylic acids is 1. The van der Waals surface area contributed by atoms with Gasteiger partial charge in [-0.1, -0.05) is 0 Å². The summed E-state index contributed by atoms with van der Waals surface area (Å²) in [6.07, 6.45) is 0.634. The quantitative estimate of drug-likeness (QED) is 0.681. The molecule has 0 atom stereocenters. The maximum absolute atomic E-state index is 12.5. The van der Waals surface area contributed by atoms with Crippen molar-refractivity contribution < 1.29 is 32.6 Å². The largest absolute Gasteiger partial charge is 0.481 e. The summed E-state index contributed by atoms with van der Waals surface area (Å²) in [6.45, 7) is 0.846. The molecule has 1 fully saturated rings. The van der Waals surface area contributed by atoms with Gasteiger partial charge in [0.15, 0.2) is 9.84 Å². The van der Waals surface area contributed by atoms with E-state index in [-0.39, 0.29) is 29.2 Å². The topological polar surface area (TPSA) is 119 Å². The summed E-state index contributed by atoms with van der Waals surface area (Å²) in [5, 5.41) is 11.9. The number of amides is 1. The third-order valence-corrected chi connectivity index (χ3v) is 6.04. The number of nitrogens with one attached hydrogen (secondary N) is 1. The first-order valence-electron chi connectivity index (χ1n) is 8.22. The minimum absolute atomic E-state index is 0.0876. The van der Waals surface area contributed by atoms with Crippen LogP contribution in [0, 0.1) is 0 Å². The molecule has 0 spiro atoms. The molecule has 1 aliphatic rings. The summed E-state index contributed by atoms with van der Waals surface area (Å²) >= 11 is 0. The van der Waals surface area contributed by atoms with Crippen LogP contribution in [-0.4, -0.2) is 63.6 Å². The van der Waals surface area contributed by atoms with Gasteiger partial charge in [-0.3, -0.25) is 9.59 Å². The number of benzene rings is 1. The van der Waals surface area contributed by atoms with Crippen LogP contribution in [-0.2, 0) is 24.1 Å². The molecule has 0 aliphatic carbocycles. The van der Waals surface area contributed by atoms with Gasteiger partial charge >= 0.3 is 5.97 Å². The van der Waals surface area contributed by atoms with Crippen LogP contribution in [0.4, 0.5) is 0 Å². The van der Waals surface area contributed by atoms with Crippen LogP contribution in [0.5, 0.6) is 0 Å². The monoisotopic (exact) mass is 385 g/mol. The van der Waals surface area contributed by atoms with E-state index in [1.54, 1.807) is 0 Å². The van der Waals surface area contributed by atoms with Crippen molar-refractivity contribution >= 4 is 21.7 Å². The van der Waals surface area contributed by atoms with Gasteiger partial charge in [0.25, 0.3) is 5.91 Å². The molecule has 0 saturated carbocycles. The van der Waals surface area contributed by atoms with Gasteiger partial charge in [0.1, 0.15) is 0 Å². The Bertz CT molecular complexity index is 737. The fourth-order valence-electron chi connectivity index (χ4n) is 2.84. The van der Waals surface area contributed by atoms with Crippen molar-refractivity contribution in [2.45, 2.75) is 29.7 Å². The Kier molecular flexibility index (Phi) is 6.74. The predicted octanol–water partition coefficient (Wildman–Crippen LogP) is 0.860. The van der Waals surface area contributed by atoms with E-state index in [0.29, 0.717) is 26.1 Å². The third-order valence-electron chi connectivity index (χ3n) is 4.35. The van der Waals surface area contributed by atoms with Gasteiger partial charge in [0, 0.05) is 25.9 Å². The lowest BCUT2D eigenvalue weighted by molar-refractivity contribution is -0.139. The zero-order valence-electron chi connectivity index (χ0n) is 14.6. The summed E-state index contributed by atoms with van der Waals surface area (Å²) in [5.74, 6) is -1.57. The minimum Gasteiger partial charge on any atom is -0.481 e. The highest BCUT2D eigenvalue weighted by molar-refractivity contribution is 7.91. The van der Waals surface area contributed by atoms with E-state index >= 15 is 0 Å². The number of ether oxygens (including phenoxy) is 2. The number of hydrogen-bond acceptors (Lipinski definition) is 6. The highest BCUT2D eigenvalue weighted by Gasteiger charge is 2.36. The molecular formula is C17H23NO7S.